The first-order valence-corrected chi connectivity index (χ1v) is 5.42. The van der Waals surface area contributed by atoms with Crippen LogP contribution >= 0.6 is 11.6 Å². The number of piperidine rings is 1. The van der Waals surface area contributed by atoms with Crippen molar-refractivity contribution in [1.29, 1.82) is 0 Å². The molecule has 0 bridgehead atoms. The van der Waals surface area contributed by atoms with E-state index in [9.17, 15) is 0 Å². The monoisotopic (exact) mass is 221 g/mol. The van der Waals surface area contributed by atoms with E-state index in [0.717, 1.165) is 26.1 Å². The average molecular weight is 222 g/mol. The Kier molecular flexibility index (Phi) is 5.12. The van der Waals surface area contributed by atoms with Crippen LogP contribution in [0.2, 0.25) is 0 Å². The predicted molar refractivity (Wildman–Crippen MR) is 58.5 cm³/mol. The highest BCUT2D eigenvalue weighted by Gasteiger charge is 2.26. The molecular formula is C9H20ClN3O. The summed E-state index contributed by atoms with van der Waals surface area (Å²) in [7, 11) is 4.05. The van der Waals surface area contributed by atoms with Gasteiger partial charge in [-0.2, -0.15) is 0 Å². The Morgan fingerprint density at radius 1 is 1.57 bits per heavy atom. The van der Waals surface area contributed by atoms with Crippen LogP contribution in [0.4, 0.5) is 0 Å². The maximum absolute atomic E-state index is 5.96. The summed E-state index contributed by atoms with van der Waals surface area (Å²) in [6.45, 7) is 2.37. The first kappa shape index (κ1) is 12.2. The van der Waals surface area contributed by atoms with Gasteiger partial charge in [0.25, 0.3) is 0 Å². The van der Waals surface area contributed by atoms with Crippen LogP contribution in [0.15, 0.2) is 0 Å². The SMILES string of the molecule is CN(C)CCOC1CC(Cl)NCC1N. The Labute approximate surface area is 90.7 Å². The number of likely N-dealkylation sites (N-methyl/N-ethyl adjacent to an activating group) is 1. The summed E-state index contributed by atoms with van der Waals surface area (Å²) in [4.78, 5) is 2.09. The van der Waals surface area contributed by atoms with Crippen molar-refractivity contribution >= 4 is 11.6 Å². The van der Waals surface area contributed by atoms with Gasteiger partial charge in [-0.25, -0.2) is 0 Å². The van der Waals surface area contributed by atoms with Gasteiger partial charge in [-0.15, -0.1) is 11.6 Å². The molecule has 4 nitrogen and oxygen atoms in total. The third-order valence-corrected chi connectivity index (χ3v) is 2.69. The molecule has 0 aliphatic carbocycles. The van der Waals surface area contributed by atoms with Gasteiger partial charge in [-0.05, 0) is 14.1 Å². The third-order valence-electron chi connectivity index (χ3n) is 2.36. The molecule has 1 rings (SSSR count). The first-order valence-electron chi connectivity index (χ1n) is 4.99. The number of halogens is 1. The van der Waals surface area contributed by atoms with Crippen molar-refractivity contribution in [2.24, 2.45) is 5.73 Å². The lowest BCUT2D eigenvalue weighted by Crippen LogP contribution is -2.53. The minimum atomic E-state index is -0.000781. The molecule has 0 spiro atoms. The van der Waals surface area contributed by atoms with Gasteiger partial charge in [-0.1, -0.05) is 0 Å². The molecule has 1 aliphatic heterocycles. The summed E-state index contributed by atoms with van der Waals surface area (Å²) in [6.07, 6.45) is 0.884. The van der Waals surface area contributed by atoms with Gasteiger partial charge >= 0.3 is 0 Å². The Balaban J connectivity index is 2.20. The molecule has 3 N–H and O–H groups in total. The third kappa shape index (κ3) is 4.11. The predicted octanol–water partition coefficient (Wildman–Crippen LogP) is -0.181. The summed E-state index contributed by atoms with van der Waals surface area (Å²) in [5.41, 5.74) is 5.90. The van der Waals surface area contributed by atoms with E-state index in [0.29, 0.717) is 0 Å². The van der Waals surface area contributed by atoms with Crippen molar-refractivity contribution in [1.82, 2.24) is 10.2 Å². The number of ether oxygens (including phenoxy) is 1. The number of nitrogens with two attached hydrogens (primary N) is 1. The van der Waals surface area contributed by atoms with E-state index in [4.69, 9.17) is 22.1 Å². The minimum absolute atomic E-state index is 0.000781. The molecule has 0 radical (unpaired) electrons. The first-order chi connectivity index (χ1) is 6.59. The maximum atomic E-state index is 5.96. The summed E-state index contributed by atoms with van der Waals surface area (Å²) >= 11 is 5.96. The molecule has 3 atom stereocenters. The van der Waals surface area contributed by atoms with Gasteiger partial charge in [0, 0.05) is 25.6 Å². The van der Waals surface area contributed by atoms with Crippen molar-refractivity contribution in [3.05, 3.63) is 0 Å². The number of hydrogen-bond acceptors (Lipinski definition) is 4. The standard InChI is InChI=1S/C9H20ClN3O/c1-13(2)3-4-14-8-5-9(10)12-6-7(8)11/h7-9,12H,3-6,11H2,1-2H3. The van der Waals surface area contributed by atoms with E-state index in [1.54, 1.807) is 0 Å². The molecule has 0 saturated carbocycles. The zero-order chi connectivity index (χ0) is 10.6. The van der Waals surface area contributed by atoms with Crippen molar-refractivity contribution in [2.45, 2.75) is 24.1 Å². The lowest BCUT2D eigenvalue weighted by atomic mass is 10.0. The molecule has 1 saturated heterocycles. The average Bonchev–Trinajstić information content (AvgIpc) is 2.10. The lowest BCUT2D eigenvalue weighted by Gasteiger charge is -2.32. The van der Waals surface area contributed by atoms with Gasteiger partial charge in [0.2, 0.25) is 0 Å². The second-order valence-corrected chi connectivity index (χ2v) is 4.51. The Bertz CT molecular complexity index is 168. The smallest absolute Gasteiger partial charge is 0.0851 e. The van der Waals surface area contributed by atoms with Crippen LogP contribution in [0.3, 0.4) is 0 Å². The zero-order valence-corrected chi connectivity index (χ0v) is 9.63. The molecule has 5 heteroatoms. The molecule has 0 aromatic heterocycles. The fraction of sp³-hybridized carbons (Fsp3) is 1.00. The van der Waals surface area contributed by atoms with Crippen molar-refractivity contribution in [3.8, 4) is 0 Å². The Morgan fingerprint density at radius 2 is 2.29 bits per heavy atom. The topological polar surface area (TPSA) is 50.5 Å². The van der Waals surface area contributed by atoms with Crippen LogP contribution in [-0.4, -0.2) is 56.3 Å². The van der Waals surface area contributed by atoms with E-state index in [-0.39, 0.29) is 17.6 Å². The van der Waals surface area contributed by atoms with Gasteiger partial charge in [-0.3, -0.25) is 5.32 Å². The fourth-order valence-electron chi connectivity index (χ4n) is 1.44. The van der Waals surface area contributed by atoms with Gasteiger partial charge < -0.3 is 15.4 Å². The van der Waals surface area contributed by atoms with E-state index in [2.05, 4.69) is 10.2 Å². The van der Waals surface area contributed by atoms with Crippen LogP contribution in [0.1, 0.15) is 6.42 Å². The molecule has 3 unspecified atom stereocenters. The van der Waals surface area contributed by atoms with Gasteiger partial charge in [0.1, 0.15) is 0 Å². The molecule has 0 amide bonds. The molecule has 14 heavy (non-hydrogen) atoms. The van der Waals surface area contributed by atoms with Crippen LogP contribution in [-0.2, 0) is 4.74 Å². The normalized spacial score (nSPS) is 33.6. The fourth-order valence-corrected chi connectivity index (χ4v) is 1.70. The van der Waals surface area contributed by atoms with Crippen LogP contribution in [0.25, 0.3) is 0 Å². The van der Waals surface area contributed by atoms with Crippen LogP contribution in [0.5, 0.6) is 0 Å². The molecule has 1 heterocycles. The second-order valence-electron chi connectivity index (χ2n) is 3.99. The molecule has 0 aromatic carbocycles. The Hall–Kier alpha value is 0.130. The lowest BCUT2D eigenvalue weighted by molar-refractivity contribution is 0.0103. The summed E-state index contributed by atoms with van der Waals surface area (Å²) < 4.78 is 5.69. The second kappa shape index (κ2) is 5.88. The maximum Gasteiger partial charge on any atom is 0.0851 e. The number of nitrogens with zero attached hydrogens (tertiary/aromatic N) is 1. The minimum Gasteiger partial charge on any atom is -0.375 e. The summed E-state index contributed by atoms with van der Waals surface area (Å²) in [5, 5.41) is 3.11. The number of alkyl halides is 1. The van der Waals surface area contributed by atoms with Crippen molar-refractivity contribution < 1.29 is 4.74 Å². The van der Waals surface area contributed by atoms with E-state index in [1.807, 2.05) is 14.1 Å². The molecule has 84 valence electrons. The molecular weight excluding hydrogens is 202 g/mol. The highest BCUT2D eigenvalue weighted by Crippen LogP contribution is 2.14. The quantitative estimate of drug-likeness (QED) is 0.511. The van der Waals surface area contributed by atoms with E-state index >= 15 is 0 Å². The number of rotatable bonds is 4. The summed E-state index contributed by atoms with van der Waals surface area (Å²) in [5.74, 6) is 0. The number of nitrogens with one attached hydrogen (secondary N) is 1. The van der Waals surface area contributed by atoms with E-state index < -0.39 is 0 Å². The largest absolute Gasteiger partial charge is 0.375 e. The Morgan fingerprint density at radius 3 is 2.93 bits per heavy atom. The highest BCUT2D eigenvalue weighted by atomic mass is 35.5. The number of hydrogen-bond donors (Lipinski definition) is 2. The van der Waals surface area contributed by atoms with Crippen LogP contribution in [0, 0.1) is 0 Å². The van der Waals surface area contributed by atoms with Crippen molar-refractivity contribution in [2.75, 3.05) is 33.8 Å². The van der Waals surface area contributed by atoms with Gasteiger partial charge in [0.05, 0.1) is 18.2 Å². The van der Waals surface area contributed by atoms with Crippen molar-refractivity contribution in [3.63, 3.8) is 0 Å². The zero-order valence-electron chi connectivity index (χ0n) is 8.87. The van der Waals surface area contributed by atoms with Gasteiger partial charge in [0.15, 0.2) is 0 Å². The highest BCUT2D eigenvalue weighted by molar-refractivity contribution is 6.20. The molecule has 1 aliphatic rings. The van der Waals surface area contributed by atoms with Crippen LogP contribution < -0.4 is 11.1 Å². The van der Waals surface area contributed by atoms with E-state index in [1.165, 1.54) is 0 Å². The molecule has 1 fully saturated rings. The summed E-state index contributed by atoms with van der Waals surface area (Å²) in [6, 6.07) is 0.0622. The molecule has 0 aromatic rings.